The number of carbonyl (C=O) groups excluding carboxylic acids is 1. The molecule has 1 atom stereocenters. The summed E-state index contributed by atoms with van der Waals surface area (Å²) >= 11 is 0. The Morgan fingerprint density at radius 3 is 2.36 bits per heavy atom. The van der Waals surface area contributed by atoms with Crippen molar-refractivity contribution in [2.75, 3.05) is 0 Å². The molecule has 1 unspecified atom stereocenters. The van der Waals surface area contributed by atoms with Gasteiger partial charge in [0.2, 0.25) is 0 Å². The topological polar surface area (TPSA) is 63.0 Å². The molecule has 0 amide bonds. The quantitative estimate of drug-likeness (QED) is 0.212. The number of hydrogen-bond donors (Lipinski definition) is 0. The number of aromatic nitrogens is 1. The molecule has 0 radical (unpaired) electrons. The number of rotatable bonds is 10. The van der Waals surface area contributed by atoms with Crippen molar-refractivity contribution in [2.45, 2.75) is 90.9 Å². The molecule has 2 aromatic rings. The molecule has 0 bridgehead atoms. The minimum atomic E-state index is -1.12. The van der Waals surface area contributed by atoms with E-state index < -0.39 is 11.4 Å². The van der Waals surface area contributed by atoms with Gasteiger partial charge in [0.1, 0.15) is 5.75 Å². The number of ether oxygens (including phenoxy) is 1. The predicted molar refractivity (Wildman–Crippen MR) is 133 cm³/mol. The first-order valence-corrected chi connectivity index (χ1v) is 12.7. The van der Waals surface area contributed by atoms with Crippen LogP contribution >= 0.6 is 0 Å². The Bertz CT molecular complexity index is 922. The van der Waals surface area contributed by atoms with E-state index in [-0.39, 0.29) is 0 Å². The maximum absolute atomic E-state index is 12.3. The minimum Gasteiger partial charge on any atom is -0.425 e. The second-order valence-corrected chi connectivity index (χ2v) is 9.76. The van der Waals surface area contributed by atoms with Crippen LogP contribution < -0.4 is 4.74 Å². The van der Waals surface area contributed by atoms with Crippen LogP contribution in [0.4, 0.5) is 0 Å². The molecule has 1 aromatic carbocycles. The molecule has 1 aromatic heterocycles. The van der Waals surface area contributed by atoms with E-state index in [1.54, 1.807) is 19.1 Å². The van der Waals surface area contributed by atoms with Gasteiger partial charge in [-0.25, -0.2) is 4.79 Å². The largest absolute Gasteiger partial charge is 0.425 e. The van der Waals surface area contributed by atoms with E-state index in [1.807, 2.05) is 31.3 Å². The average Bonchev–Trinajstić information content (AvgIpc) is 2.87. The van der Waals surface area contributed by atoms with Gasteiger partial charge in [-0.3, -0.25) is 4.98 Å². The van der Waals surface area contributed by atoms with E-state index in [1.165, 1.54) is 63.4 Å². The molecule has 0 saturated heterocycles. The van der Waals surface area contributed by atoms with E-state index in [2.05, 4.69) is 19.1 Å². The highest BCUT2D eigenvalue weighted by Gasteiger charge is 2.33. The van der Waals surface area contributed by atoms with Crippen molar-refractivity contribution in [1.29, 1.82) is 5.26 Å². The van der Waals surface area contributed by atoms with Crippen LogP contribution in [0.3, 0.4) is 0 Å². The normalized spacial score (nSPS) is 19.9. The summed E-state index contributed by atoms with van der Waals surface area (Å²) < 4.78 is 5.41. The third kappa shape index (κ3) is 6.67. The van der Waals surface area contributed by atoms with Crippen molar-refractivity contribution in [3.8, 4) is 23.1 Å². The Morgan fingerprint density at radius 2 is 1.79 bits per heavy atom. The van der Waals surface area contributed by atoms with Crippen molar-refractivity contribution in [1.82, 2.24) is 4.98 Å². The first-order valence-electron chi connectivity index (χ1n) is 12.7. The summed E-state index contributed by atoms with van der Waals surface area (Å²) in [5, 5.41) is 9.25. The number of esters is 1. The molecule has 33 heavy (non-hydrogen) atoms. The monoisotopic (exact) mass is 446 g/mol. The highest BCUT2D eigenvalue weighted by atomic mass is 16.5. The summed E-state index contributed by atoms with van der Waals surface area (Å²) in [6.45, 7) is 5.69. The number of nitrogens with zero attached hydrogens (tertiary/aromatic N) is 2. The molecule has 0 spiro atoms. The Kier molecular flexibility index (Phi) is 9.06. The highest BCUT2D eigenvalue weighted by Crippen LogP contribution is 2.38. The molecule has 1 heterocycles. The summed E-state index contributed by atoms with van der Waals surface area (Å²) in [4.78, 5) is 17.0. The molecular weight excluding hydrogens is 408 g/mol. The van der Waals surface area contributed by atoms with Gasteiger partial charge in [-0.1, -0.05) is 52.0 Å². The Morgan fingerprint density at radius 1 is 1.06 bits per heavy atom. The van der Waals surface area contributed by atoms with Crippen molar-refractivity contribution >= 4 is 5.97 Å². The third-order valence-electron chi connectivity index (χ3n) is 7.34. The number of carbonyl (C=O) groups is 1. The highest BCUT2D eigenvalue weighted by molar-refractivity contribution is 5.81. The summed E-state index contributed by atoms with van der Waals surface area (Å²) in [5.74, 6) is 1.48. The number of nitriles is 1. The molecule has 4 heteroatoms. The molecule has 3 rings (SSSR count). The van der Waals surface area contributed by atoms with Crippen LogP contribution in [0.2, 0.25) is 0 Å². The van der Waals surface area contributed by atoms with Crippen LogP contribution in [0.25, 0.3) is 11.3 Å². The summed E-state index contributed by atoms with van der Waals surface area (Å²) in [6.07, 6.45) is 14.6. The number of pyridine rings is 1. The second-order valence-electron chi connectivity index (χ2n) is 9.76. The zero-order valence-electron chi connectivity index (χ0n) is 20.5. The van der Waals surface area contributed by atoms with Crippen LogP contribution in [0.1, 0.15) is 96.5 Å². The van der Waals surface area contributed by atoms with Crippen LogP contribution in [-0.4, -0.2) is 11.0 Å². The van der Waals surface area contributed by atoms with Gasteiger partial charge in [0, 0.05) is 11.8 Å². The molecule has 1 aliphatic carbocycles. The molecule has 0 N–H and O–H groups in total. The summed E-state index contributed by atoms with van der Waals surface area (Å²) in [5.41, 5.74) is 2.13. The SMILES string of the molecule is CCCCCCC1CCC(c2ccc(-c3ccc(OC(=O)C(C)(C#N)CC)cc3)nc2)CC1. The Balaban J connectivity index is 1.53. The van der Waals surface area contributed by atoms with Gasteiger partial charge < -0.3 is 4.74 Å². The fraction of sp³-hybridized carbons (Fsp3) is 0.552. The van der Waals surface area contributed by atoms with Gasteiger partial charge in [-0.15, -0.1) is 0 Å². The number of unbranched alkanes of at least 4 members (excludes halogenated alkanes) is 3. The fourth-order valence-corrected chi connectivity index (χ4v) is 4.64. The molecule has 0 aliphatic heterocycles. The van der Waals surface area contributed by atoms with Crippen molar-refractivity contribution in [3.63, 3.8) is 0 Å². The van der Waals surface area contributed by atoms with Gasteiger partial charge in [0.15, 0.2) is 5.41 Å². The van der Waals surface area contributed by atoms with Gasteiger partial charge in [-0.2, -0.15) is 5.26 Å². The lowest BCUT2D eigenvalue weighted by Crippen LogP contribution is -2.29. The lowest BCUT2D eigenvalue weighted by atomic mass is 9.77. The zero-order chi connectivity index (χ0) is 23.7. The molecule has 1 saturated carbocycles. The lowest BCUT2D eigenvalue weighted by Gasteiger charge is -2.28. The van der Waals surface area contributed by atoms with E-state index in [0.29, 0.717) is 18.1 Å². The first kappa shape index (κ1) is 25.0. The Labute approximate surface area is 199 Å². The van der Waals surface area contributed by atoms with Gasteiger partial charge in [0.05, 0.1) is 11.8 Å². The zero-order valence-corrected chi connectivity index (χ0v) is 20.5. The predicted octanol–water partition coefficient (Wildman–Crippen LogP) is 7.84. The standard InChI is InChI=1S/C29H38N2O2/c1-4-6-7-8-9-22-10-12-23(13-11-22)25-16-19-27(31-20-25)24-14-17-26(18-15-24)33-28(32)29(3,5-2)21-30/h14-20,22-23H,4-13H2,1-3H3. The first-order chi connectivity index (χ1) is 16.0. The van der Waals surface area contributed by atoms with Crippen LogP contribution in [0, 0.1) is 22.7 Å². The lowest BCUT2D eigenvalue weighted by molar-refractivity contribution is -0.141. The van der Waals surface area contributed by atoms with Crippen LogP contribution in [-0.2, 0) is 4.79 Å². The average molecular weight is 447 g/mol. The number of benzene rings is 1. The summed E-state index contributed by atoms with van der Waals surface area (Å²) in [6, 6.07) is 13.7. The van der Waals surface area contributed by atoms with Gasteiger partial charge in [0.25, 0.3) is 0 Å². The molecule has 1 aliphatic rings. The van der Waals surface area contributed by atoms with E-state index >= 15 is 0 Å². The second kappa shape index (κ2) is 12.0. The van der Waals surface area contributed by atoms with E-state index in [4.69, 9.17) is 9.72 Å². The maximum atomic E-state index is 12.3. The molecule has 176 valence electrons. The molecule has 4 nitrogen and oxygen atoms in total. The molecular formula is C29H38N2O2. The van der Waals surface area contributed by atoms with Gasteiger partial charge >= 0.3 is 5.97 Å². The summed E-state index contributed by atoms with van der Waals surface area (Å²) in [7, 11) is 0. The van der Waals surface area contributed by atoms with Crippen LogP contribution in [0.15, 0.2) is 42.6 Å². The van der Waals surface area contributed by atoms with E-state index in [0.717, 1.165) is 17.2 Å². The third-order valence-corrected chi connectivity index (χ3v) is 7.34. The van der Waals surface area contributed by atoms with Crippen molar-refractivity contribution in [2.24, 2.45) is 11.3 Å². The van der Waals surface area contributed by atoms with Crippen molar-refractivity contribution < 1.29 is 9.53 Å². The van der Waals surface area contributed by atoms with E-state index in [9.17, 15) is 10.1 Å². The fourth-order valence-electron chi connectivity index (χ4n) is 4.64. The van der Waals surface area contributed by atoms with Gasteiger partial charge in [-0.05, 0) is 86.8 Å². The Hall–Kier alpha value is -2.67. The number of hydrogen-bond acceptors (Lipinski definition) is 4. The maximum Gasteiger partial charge on any atom is 0.331 e. The molecule has 1 fully saturated rings. The van der Waals surface area contributed by atoms with Crippen LogP contribution in [0.5, 0.6) is 5.75 Å². The minimum absolute atomic E-state index is 0.414. The smallest absolute Gasteiger partial charge is 0.331 e. The van der Waals surface area contributed by atoms with Crippen molar-refractivity contribution in [3.05, 3.63) is 48.2 Å².